The van der Waals surface area contributed by atoms with E-state index in [1.54, 1.807) is 18.5 Å². The summed E-state index contributed by atoms with van der Waals surface area (Å²) in [5, 5.41) is 12.9. The van der Waals surface area contributed by atoms with E-state index >= 15 is 0 Å². The topological polar surface area (TPSA) is 104 Å². The van der Waals surface area contributed by atoms with E-state index in [0.29, 0.717) is 28.8 Å². The second-order valence-electron chi connectivity index (χ2n) is 9.96. The van der Waals surface area contributed by atoms with Gasteiger partial charge in [0.05, 0.1) is 41.3 Å². The molecule has 0 aromatic carbocycles. The number of aliphatic hydroxyl groups excluding tert-OH is 1. The van der Waals surface area contributed by atoms with Crippen molar-refractivity contribution in [1.29, 1.82) is 0 Å². The number of hydrogen-bond acceptors (Lipinski definition) is 8. The normalized spacial score (nSPS) is 17.5. The SMILES string of the molecule is CC1C[C@@H](C)CN(c2cccc(-c3ccc4cnc(CNC(=O)c5cncc(SCCO)c5)cc4n3)n2)C1. The van der Waals surface area contributed by atoms with Crippen molar-refractivity contribution in [3.05, 3.63) is 72.3 Å². The number of fused-ring (bicyclic) bond motifs is 1. The molecule has 5 rings (SSSR count). The van der Waals surface area contributed by atoms with Crippen molar-refractivity contribution in [2.75, 3.05) is 30.3 Å². The van der Waals surface area contributed by atoms with Crippen LogP contribution in [0, 0.1) is 11.8 Å². The number of aliphatic hydroxyl groups is 1. The number of carbonyl (C=O) groups is 1. The summed E-state index contributed by atoms with van der Waals surface area (Å²) in [4.78, 5) is 34.4. The predicted molar refractivity (Wildman–Crippen MR) is 151 cm³/mol. The molecule has 38 heavy (non-hydrogen) atoms. The Bertz CT molecular complexity index is 1420. The third kappa shape index (κ3) is 6.28. The van der Waals surface area contributed by atoms with E-state index in [1.807, 2.05) is 30.3 Å². The highest BCUT2D eigenvalue weighted by atomic mass is 32.2. The van der Waals surface area contributed by atoms with Gasteiger partial charge in [-0.1, -0.05) is 19.9 Å². The summed E-state index contributed by atoms with van der Waals surface area (Å²) in [6.45, 7) is 7.00. The standard InChI is InChI=1S/C29H32N6O2S/c1-19-10-20(2)18-35(17-19)28-5-3-4-25(34-28)26-7-6-21-14-31-23(12-27(21)33-26)15-32-29(37)22-11-24(16-30-13-22)38-9-8-36/h3-7,11-14,16,19-20,36H,8-10,15,17-18H2,1-2H3,(H,32,37)/t19-,20?/m1/s1. The number of nitrogens with one attached hydrogen (secondary N) is 1. The fraction of sp³-hybridized carbons (Fsp3) is 0.345. The van der Waals surface area contributed by atoms with Crippen molar-refractivity contribution in [2.45, 2.75) is 31.7 Å². The third-order valence-corrected chi connectivity index (χ3v) is 7.53. The fourth-order valence-corrected chi connectivity index (χ4v) is 5.62. The lowest BCUT2D eigenvalue weighted by atomic mass is 9.92. The van der Waals surface area contributed by atoms with Crippen LogP contribution < -0.4 is 10.2 Å². The van der Waals surface area contributed by atoms with Gasteiger partial charge in [-0.3, -0.25) is 14.8 Å². The molecule has 4 aromatic heterocycles. The molecule has 0 spiro atoms. The summed E-state index contributed by atoms with van der Waals surface area (Å²) >= 11 is 1.46. The van der Waals surface area contributed by atoms with Crippen LogP contribution in [0.4, 0.5) is 5.82 Å². The molecule has 1 saturated heterocycles. The Morgan fingerprint density at radius 1 is 1.05 bits per heavy atom. The number of pyridine rings is 4. The van der Waals surface area contributed by atoms with Gasteiger partial charge in [-0.15, -0.1) is 11.8 Å². The fourth-order valence-electron chi connectivity index (χ4n) is 4.95. The smallest absolute Gasteiger partial charge is 0.253 e. The molecule has 8 nitrogen and oxygen atoms in total. The minimum Gasteiger partial charge on any atom is -0.396 e. The molecular weight excluding hydrogens is 496 g/mol. The third-order valence-electron chi connectivity index (χ3n) is 6.59. The van der Waals surface area contributed by atoms with Gasteiger partial charge >= 0.3 is 0 Å². The van der Waals surface area contributed by atoms with Crippen molar-refractivity contribution in [3.63, 3.8) is 0 Å². The molecule has 4 aromatic rings. The number of carbonyl (C=O) groups excluding carboxylic acids is 1. The van der Waals surface area contributed by atoms with E-state index in [-0.39, 0.29) is 19.1 Å². The van der Waals surface area contributed by atoms with Gasteiger partial charge in [0, 0.05) is 47.7 Å². The zero-order chi connectivity index (χ0) is 26.5. The number of rotatable bonds is 8. The van der Waals surface area contributed by atoms with Crippen LogP contribution in [0.3, 0.4) is 0 Å². The molecule has 196 valence electrons. The van der Waals surface area contributed by atoms with Crippen molar-refractivity contribution in [3.8, 4) is 11.4 Å². The lowest BCUT2D eigenvalue weighted by molar-refractivity contribution is 0.0950. The van der Waals surface area contributed by atoms with Crippen LogP contribution >= 0.6 is 11.8 Å². The number of amides is 1. The quantitative estimate of drug-likeness (QED) is 0.320. The van der Waals surface area contributed by atoms with Crippen LogP contribution in [0.5, 0.6) is 0 Å². The summed E-state index contributed by atoms with van der Waals surface area (Å²) in [7, 11) is 0. The predicted octanol–water partition coefficient (Wildman–Crippen LogP) is 4.58. The number of piperidine rings is 1. The second-order valence-corrected chi connectivity index (χ2v) is 11.1. The molecule has 0 bridgehead atoms. The molecule has 0 aliphatic carbocycles. The van der Waals surface area contributed by atoms with Gasteiger partial charge in [0.1, 0.15) is 5.82 Å². The van der Waals surface area contributed by atoms with Gasteiger partial charge in [-0.25, -0.2) is 9.97 Å². The minimum absolute atomic E-state index is 0.0724. The van der Waals surface area contributed by atoms with Gasteiger partial charge in [0.15, 0.2) is 0 Å². The summed E-state index contributed by atoms with van der Waals surface area (Å²) in [5.41, 5.74) is 3.64. The monoisotopic (exact) mass is 528 g/mol. The molecule has 1 aliphatic rings. The number of hydrogen-bond donors (Lipinski definition) is 2. The van der Waals surface area contributed by atoms with E-state index in [1.165, 1.54) is 24.4 Å². The number of aromatic nitrogens is 4. The summed E-state index contributed by atoms with van der Waals surface area (Å²) in [6.07, 6.45) is 6.25. The Hall–Kier alpha value is -3.56. The van der Waals surface area contributed by atoms with E-state index in [9.17, 15) is 4.79 Å². The number of anilines is 1. The van der Waals surface area contributed by atoms with Gasteiger partial charge in [-0.05, 0) is 54.7 Å². The first-order chi connectivity index (χ1) is 18.5. The van der Waals surface area contributed by atoms with Gasteiger partial charge in [0.25, 0.3) is 5.91 Å². The van der Waals surface area contributed by atoms with Gasteiger partial charge in [-0.2, -0.15) is 0 Å². The van der Waals surface area contributed by atoms with Crippen LogP contribution in [0.1, 0.15) is 36.3 Å². The highest BCUT2D eigenvalue weighted by Crippen LogP contribution is 2.27. The molecule has 1 unspecified atom stereocenters. The average molecular weight is 529 g/mol. The molecule has 2 atom stereocenters. The molecule has 0 saturated carbocycles. The van der Waals surface area contributed by atoms with Gasteiger partial charge < -0.3 is 15.3 Å². The zero-order valence-corrected chi connectivity index (χ0v) is 22.5. The van der Waals surface area contributed by atoms with Crippen LogP contribution in [-0.4, -0.2) is 56.4 Å². The Morgan fingerprint density at radius 3 is 2.68 bits per heavy atom. The van der Waals surface area contributed by atoms with Crippen molar-refractivity contribution < 1.29 is 9.90 Å². The highest BCUT2D eigenvalue weighted by Gasteiger charge is 2.23. The van der Waals surface area contributed by atoms with Crippen LogP contribution in [0.25, 0.3) is 22.3 Å². The first-order valence-electron chi connectivity index (χ1n) is 12.9. The summed E-state index contributed by atoms with van der Waals surface area (Å²) in [6, 6.07) is 13.8. The maximum Gasteiger partial charge on any atom is 0.253 e. The van der Waals surface area contributed by atoms with Crippen LogP contribution in [-0.2, 0) is 6.54 Å². The Labute approximate surface area is 227 Å². The molecule has 1 fully saturated rings. The molecular formula is C29H32N6O2S. The first kappa shape index (κ1) is 26.1. The molecule has 1 aliphatic heterocycles. The van der Waals surface area contributed by atoms with Crippen LogP contribution in [0.2, 0.25) is 0 Å². The van der Waals surface area contributed by atoms with E-state index in [2.05, 4.69) is 40.1 Å². The first-order valence-corrected chi connectivity index (χ1v) is 13.9. The lowest BCUT2D eigenvalue weighted by Gasteiger charge is -2.35. The average Bonchev–Trinajstić information content (AvgIpc) is 2.94. The maximum atomic E-state index is 12.7. The molecule has 1 amide bonds. The maximum absolute atomic E-state index is 12.7. The van der Waals surface area contributed by atoms with Gasteiger partial charge in [0.2, 0.25) is 0 Å². The van der Waals surface area contributed by atoms with E-state index < -0.39 is 0 Å². The zero-order valence-electron chi connectivity index (χ0n) is 21.7. The second kappa shape index (κ2) is 11.9. The van der Waals surface area contributed by atoms with Crippen molar-refractivity contribution in [1.82, 2.24) is 25.3 Å². The van der Waals surface area contributed by atoms with Crippen molar-refractivity contribution in [2.24, 2.45) is 11.8 Å². The Balaban J connectivity index is 1.31. The molecule has 5 heterocycles. The number of thioether (sulfide) groups is 1. The minimum atomic E-state index is -0.227. The largest absolute Gasteiger partial charge is 0.396 e. The Morgan fingerprint density at radius 2 is 1.87 bits per heavy atom. The highest BCUT2D eigenvalue weighted by molar-refractivity contribution is 7.99. The lowest BCUT2D eigenvalue weighted by Crippen LogP contribution is -2.39. The summed E-state index contributed by atoms with van der Waals surface area (Å²) < 4.78 is 0. The van der Waals surface area contributed by atoms with Crippen LogP contribution in [0.15, 0.2) is 66.0 Å². The number of nitrogens with zero attached hydrogens (tertiary/aromatic N) is 5. The Kier molecular flexibility index (Phi) is 8.14. The van der Waals surface area contributed by atoms with E-state index in [4.69, 9.17) is 15.1 Å². The summed E-state index contributed by atoms with van der Waals surface area (Å²) in [5.74, 6) is 2.63. The molecule has 9 heteroatoms. The molecule has 2 N–H and O–H groups in total. The molecule has 0 radical (unpaired) electrons. The van der Waals surface area contributed by atoms with Crippen molar-refractivity contribution >= 4 is 34.4 Å². The van der Waals surface area contributed by atoms with E-state index in [0.717, 1.165) is 46.1 Å².